The Morgan fingerprint density at radius 3 is 2.69 bits per heavy atom. The Bertz CT molecular complexity index is 305. The Balaban J connectivity index is 2.30. The molecule has 1 aromatic carbocycles. The molecule has 0 bridgehead atoms. The van der Waals surface area contributed by atoms with Gasteiger partial charge in [0.2, 0.25) is 0 Å². The van der Waals surface area contributed by atoms with Crippen LogP contribution in [0.5, 0.6) is 5.75 Å². The van der Waals surface area contributed by atoms with Crippen molar-refractivity contribution in [2.45, 2.75) is 25.2 Å². The van der Waals surface area contributed by atoms with E-state index in [1.54, 1.807) is 7.11 Å². The standard InChI is InChI=1S/C11H13BrO/c1-13-9-5-6-11(12)10(7-9)8-3-2-4-8/h5-8H,2-4H2,1H3. The molecular weight excluding hydrogens is 228 g/mol. The Morgan fingerprint density at radius 1 is 1.38 bits per heavy atom. The van der Waals surface area contributed by atoms with E-state index in [9.17, 15) is 0 Å². The van der Waals surface area contributed by atoms with Crippen molar-refractivity contribution in [1.29, 1.82) is 0 Å². The molecule has 0 atom stereocenters. The molecule has 0 aliphatic heterocycles. The van der Waals surface area contributed by atoms with Crippen LogP contribution in [0.15, 0.2) is 22.7 Å². The van der Waals surface area contributed by atoms with Crippen LogP contribution in [0.2, 0.25) is 0 Å². The van der Waals surface area contributed by atoms with Crippen molar-refractivity contribution in [3.8, 4) is 5.75 Å². The number of benzene rings is 1. The van der Waals surface area contributed by atoms with Crippen LogP contribution in [-0.4, -0.2) is 7.11 Å². The van der Waals surface area contributed by atoms with Gasteiger partial charge in [0.1, 0.15) is 5.75 Å². The van der Waals surface area contributed by atoms with E-state index in [0.29, 0.717) is 0 Å². The van der Waals surface area contributed by atoms with E-state index in [1.807, 2.05) is 6.07 Å². The first kappa shape index (κ1) is 9.07. The van der Waals surface area contributed by atoms with E-state index < -0.39 is 0 Å². The van der Waals surface area contributed by atoms with E-state index in [1.165, 1.54) is 29.3 Å². The molecule has 0 unspecified atom stereocenters. The molecule has 0 radical (unpaired) electrons. The number of hydrogen-bond acceptors (Lipinski definition) is 1. The van der Waals surface area contributed by atoms with E-state index in [2.05, 4.69) is 28.1 Å². The highest BCUT2D eigenvalue weighted by Gasteiger charge is 2.21. The maximum absolute atomic E-state index is 5.21. The van der Waals surface area contributed by atoms with Crippen molar-refractivity contribution >= 4 is 15.9 Å². The minimum absolute atomic E-state index is 0.754. The minimum atomic E-state index is 0.754. The SMILES string of the molecule is COc1ccc(Br)c(C2CCC2)c1. The third kappa shape index (κ3) is 1.73. The lowest BCUT2D eigenvalue weighted by Gasteiger charge is -2.27. The lowest BCUT2D eigenvalue weighted by Crippen LogP contribution is -2.09. The van der Waals surface area contributed by atoms with E-state index >= 15 is 0 Å². The topological polar surface area (TPSA) is 9.23 Å². The Hall–Kier alpha value is -0.500. The molecule has 1 aliphatic rings. The summed E-state index contributed by atoms with van der Waals surface area (Å²) in [6.45, 7) is 0. The lowest BCUT2D eigenvalue weighted by atomic mass is 9.80. The van der Waals surface area contributed by atoms with Gasteiger partial charge in [0, 0.05) is 4.47 Å². The van der Waals surface area contributed by atoms with Gasteiger partial charge in [-0.05, 0) is 42.5 Å². The summed E-state index contributed by atoms with van der Waals surface area (Å²) in [4.78, 5) is 0. The molecule has 0 amide bonds. The van der Waals surface area contributed by atoms with Gasteiger partial charge in [0.15, 0.2) is 0 Å². The Labute approximate surface area is 87.2 Å². The van der Waals surface area contributed by atoms with Gasteiger partial charge in [-0.25, -0.2) is 0 Å². The summed E-state index contributed by atoms with van der Waals surface area (Å²) >= 11 is 3.58. The zero-order chi connectivity index (χ0) is 9.26. The maximum Gasteiger partial charge on any atom is 0.119 e. The lowest BCUT2D eigenvalue weighted by molar-refractivity contribution is 0.401. The second-order valence-corrected chi connectivity index (χ2v) is 4.37. The van der Waals surface area contributed by atoms with E-state index in [0.717, 1.165) is 11.7 Å². The summed E-state index contributed by atoms with van der Waals surface area (Å²) in [7, 11) is 1.72. The third-order valence-corrected chi connectivity index (χ3v) is 3.47. The van der Waals surface area contributed by atoms with Gasteiger partial charge in [-0.2, -0.15) is 0 Å². The molecule has 0 spiro atoms. The van der Waals surface area contributed by atoms with Gasteiger partial charge >= 0.3 is 0 Å². The Morgan fingerprint density at radius 2 is 2.15 bits per heavy atom. The predicted octanol–water partition coefficient (Wildman–Crippen LogP) is 3.73. The molecule has 70 valence electrons. The van der Waals surface area contributed by atoms with E-state index in [4.69, 9.17) is 4.74 Å². The highest BCUT2D eigenvalue weighted by Crippen LogP contribution is 2.40. The first-order valence-corrected chi connectivity index (χ1v) is 5.44. The second-order valence-electron chi connectivity index (χ2n) is 3.52. The molecule has 1 fully saturated rings. The summed E-state index contributed by atoms with van der Waals surface area (Å²) in [5.41, 5.74) is 1.41. The number of ether oxygens (including phenoxy) is 1. The van der Waals surface area contributed by atoms with E-state index in [-0.39, 0.29) is 0 Å². The summed E-state index contributed by atoms with van der Waals surface area (Å²) in [5, 5.41) is 0. The molecule has 13 heavy (non-hydrogen) atoms. The van der Waals surface area contributed by atoms with Crippen LogP contribution in [0.4, 0.5) is 0 Å². The maximum atomic E-state index is 5.21. The Kier molecular flexibility index (Phi) is 2.58. The molecule has 0 saturated heterocycles. The molecule has 0 N–H and O–H groups in total. The normalized spacial score (nSPS) is 16.8. The molecule has 1 aromatic rings. The molecule has 1 nitrogen and oxygen atoms in total. The molecule has 2 heteroatoms. The van der Waals surface area contributed by atoms with Crippen LogP contribution < -0.4 is 4.74 Å². The summed E-state index contributed by atoms with van der Waals surface area (Å²) in [6.07, 6.45) is 4.02. The van der Waals surface area contributed by atoms with Crippen molar-refractivity contribution < 1.29 is 4.74 Å². The van der Waals surface area contributed by atoms with Gasteiger partial charge < -0.3 is 4.74 Å². The number of rotatable bonds is 2. The minimum Gasteiger partial charge on any atom is -0.497 e. The monoisotopic (exact) mass is 240 g/mol. The van der Waals surface area contributed by atoms with Crippen LogP contribution in [0.3, 0.4) is 0 Å². The number of methoxy groups -OCH3 is 1. The van der Waals surface area contributed by atoms with Crippen molar-refractivity contribution in [1.82, 2.24) is 0 Å². The van der Waals surface area contributed by atoms with Gasteiger partial charge in [0.25, 0.3) is 0 Å². The van der Waals surface area contributed by atoms with Crippen LogP contribution in [0, 0.1) is 0 Å². The van der Waals surface area contributed by atoms with Crippen molar-refractivity contribution in [2.75, 3.05) is 7.11 Å². The molecular formula is C11H13BrO. The van der Waals surface area contributed by atoms with Crippen molar-refractivity contribution in [3.05, 3.63) is 28.2 Å². The average Bonchev–Trinajstić information content (AvgIpc) is 2.06. The smallest absolute Gasteiger partial charge is 0.119 e. The van der Waals surface area contributed by atoms with Crippen molar-refractivity contribution in [3.63, 3.8) is 0 Å². The fourth-order valence-electron chi connectivity index (χ4n) is 1.68. The van der Waals surface area contributed by atoms with Gasteiger partial charge in [0.05, 0.1) is 7.11 Å². The number of hydrogen-bond donors (Lipinski definition) is 0. The fraction of sp³-hybridized carbons (Fsp3) is 0.455. The molecule has 1 aliphatic carbocycles. The van der Waals surface area contributed by atoms with Gasteiger partial charge in [-0.3, -0.25) is 0 Å². The highest BCUT2D eigenvalue weighted by atomic mass is 79.9. The predicted molar refractivity (Wildman–Crippen MR) is 57.3 cm³/mol. The van der Waals surface area contributed by atoms with Crippen LogP contribution in [0.25, 0.3) is 0 Å². The second kappa shape index (κ2) is 3.70. The molecule has 0 heterocycles. The zero-order valence-electron chi connectivity index (χ0n) is 7.72. The third-order valence-electron chi connectivity index (χ3n) is 2.75. The fourth-order valence-corrected chi connectivity index (χ4v) is 2.25. The largest absolute Gasteiger partial charge is 0.497 e. The molecule has 1 saturated carbocycles. The van der Waals surface area contributed by atoms with Crippen molar-refractivity contribution in [2.24, 2.45) is 0 Å². The summed E-state index contributed by atoms with van der Waals surface area (Å²) < 4.78 is 6.43. The summed E-state index contributed by atoms with van der Waals surface area (Å²) in [6, 6.07) is 6.21. The first-order valence-electron chi connectivity index (χ1n) is 4.64. The average molecular weight is 241 g/mol. The zero-order valence-corrected chi connectivity index (χ0v) is 9.30. The number of halogens is 1. The van der Waals surface area contributed by atoms with Crippen LogP contribution in [0.1, 0.15) is 30.7 Å². The molecule has 0 aromatic heterocycles. The highest BCUT2D eigenvalue weighted by molar-refractivity contribution is 9.10. The quantitative estimate of drug-likeness (QED) is 0.766. The summed E-state index contributed by atoms with van der Waals surface area (Å²) in [5.74, 6) is 1.72. The van der Waals surface area contributed by atoms with Gasteiger partial charge in [-0.1, -0.05) is 22.4 Å². The van der Waals surface area contributed by atoms with Crippen LogP contribution in [-0.2, 0) is 0 Å². The van der Waals surface area contributed by atoms with Crippen LogP contribution >= 0.6 is 15.9 Å². The first-order chi connectivity index (χ1) is 6.31. The molecule has 2 rings (SSSR count). The van der Waals surface area contributed by atoms with Gasteiger partial charge in [-0.15, -0.1) is 0 Å².